The van der Waals surface area contributed by atoms with E-state index in [9.17, 15) is 4.39 Å². The minimum Gasteiger partial charge on any atom is -0.204 e. The molecule has 0 nitrogen and oxygen atoms in total. The highest BCUT2D eigenvalue weighted by Gasteiger charge is 2.06. The van der Waals surface area contributed by atoms with Gasteiger partial charge in [0.1, 0.15) is 0 Å². The monoisotopic (exact) mass is 334 g/mol. The van der Waals surface area contributed by atoms with Gasteiger partial charge in [-0.3, -0.25) is 0 Å². The molecule has 4 heteroatoms. The quantitative estimate of drug-likeness (QED) is 0.384. The smallest absolute Gasteiger partial charge is 0.156 e. The molecule has 0 radical (unpaired) electrons. The van der Waals surface area contributed by atoms with E-state index in [0.29, 0.717) is 8.04 Å². The van der Waals surface area contributed by atoms with E-state index in [1.165, 1.54) is 0 Å². The summed E-state index contributed by atoms with van der Waals surface area (Å²) in [4.78, 5) is 0. The minimum absolute atomic E-state index is 0.145. The Bertz CT molecular complexity index is 237. The van der Waals surface area contributed by atoms with E-state index in [1.807, 2.05) is 22.6 Å². The van der Waals surface area contributed by atoms with E-state index >= 15 is 0 Å². The molecule has 0 fully saturated rings. The van der Waals surface area contributed by atoms with Crippen molar-refractivity contribution in [1.82, 2.24) is 0 Å². The summed E-state index contributed by atoms with van der Waals surface area (Å²) in [6.07, 6.45) is 0. The zero-order valence-corrected chi connectivity index (χ0v) is 9.17. The van der Waals surface area contributed by atoms with Gasteiger partial charge in [-0.15, -0.1) is 0 Å². The molecule has 0 saturated carbocycles. The Labute approximate surface area is 85.0 Å². The Hall–Kier alpha value is 0.650. The summed E-state index contributed by atoms with van der Waals surface area (Å²) in [7, 11) is 0. The summed E-state index contributed by atoms with van der Waals surface area (Å²) >= 11 is 10.5. The normalized spacial score (nSPS) is 10.0. The molecule has 0 bridgehead atoms. The van der Waals surface area contributed by atoms with Crippen LogP contribution >= 0.6 is 50.1 Å². The van der Waals surface area contributed by atoms with Gasteiger partial charge in [0.2, 0.25) is 0 Å². The van der Waals surface area contributed by atoms with Gasteiger partial charge in [-0.25, -0.2) is 4.39 Å². The molecule has 1 aromatic carbocycles. The van der Waals surface area contributed by atoms with Crippen molar-refractivity contribution in [2.45, 2.75) is 0 Å². The van der Waals surface area contributed by atoms with Gasteiger partial charge in [0, 0.05) is 4.47 Å². The first-order valence-corrected chi connectivity index (χ1v) is 4.67. The maximum Gasteiger partial charge on any atom is 0.156 e. The van der Waals surface area contributed by atoms with Crippen LogP contribution in [0.15, 0.2) is 16.6 Å². The van der Waals surface area contributed by atoms with Crippen molar-refractivity contribution >= 4 is 50.1 Å². The molecule has 0 aliphatic rings. The fraction of sp³-hybridized carbons (Fsp3) is 0. The molecule has 0 unspecified atom stereocenters. The van der Waals surface area contributed by atoms with Crippen LogP contribution < -0.4 is 0 Å². The molecule has 0 amide bonds. The lowest BCUT2D eigenvalue weighted by Crippen LogP contribution is -1.82. The predicted molar refractivity (Wildman–Crippen MR) is 51.8 cm³/mol. The van der Waals surface area contributed by atoms with Gasteiger partial charge >= 0.3 is 0 Å². The lowest BCUT2D eigenvalue weighted by molar-refractivity contribution is 0.620. The zero-order chi connectivity index (χ0) is 7.72. The van der Waals surface area contributed by atoms with Gasteiger partial charge in [-0.1, -0.05) is 11.6 Å². The Morgan fingerprint density at radius 3 is 2.60 bits per heavy atom. The number of hydrogen-bond donors (Lipinski definition) is 0. The standard InChI is InChI=1S/C6H2BrClFI/c7-3-1-2-4(10)6(9)5(3)8/h1-2H. The topological polar surface area (TPSA) is 0 Å². The van der Waals surface area contributed by atoms with Crippen LogP contribution in [-0.2, 0) is 0 Å². The molecule has 1 rings (SSSR count). The zero-order valence-electron chi connectivity index (χ0n) is 4.67. The third-order valence-electron chi connectivity index (χ3n) is 0.988. The second-order valence-electron chi connectivity index (χ2n) is 1.66. The van der Waals surface area contributed by atoms with Gasteiger partial charge < -0.3 is 0 Å². The average molecular weight is 335 g/mol. The molecule has 0 saturated heterocycles. The number of halogens is 4. The third-order valence-corrected chi connectivity index (χ3v) is 3.08. The number of benzene rings is 1. The fourth-order valence-corrected chi connectivity index (χ4v) is 1.58. The summed E-state index contributed by atoms with van der Waals surface area (Å²) < 4.78 is 13.9. The Morgan fingerprint density at radius 1 is 1.50 bits per heavy atom. The molecule has 0 aliphatic carbocycles. The molecule has 0 spiro atoms. The van der Waals surface area contributed by atoms with Gasteiger partial charge in [0.25, 0.3) is 0 Å². The summed E-state index contributed by atoms with van der Waals surface area (Å²) in [6.45, 7) is 0. The molecule has 1 aromatic rings. The first-order chi connectivity index (χ1) is 4.63. The number of hydrogen-bond acceptors (Lipinski definition) is 0. The highest BCUT2D eigenvalue weighted by atomic mass is 127. The second kappa shape index (κ2) is 3.36. The van der Waals surface area contributed by atoms with Crippen LogP contribution in [0.4, 0.5) is 4.39 Å². The lowest BCUT2D eigenvalue weighted by atomic mass is 10.3. The van der Waals surface area contributed by atoms with E-state index in [-0.39, 0.29) is 10.8 Å². The maximum absolute atomic E-state index is 12.8. The van der Waals surface area contributed by atoms with Crippen LogP contribution in [0.3, 0.4) is 0 Å². The molecule has 10 heavy (non-hydrogen) atoms. The lowest BCUT2D eigenvalue weighted by Gasteiger charge is -1.97. The molecule has 0 N–H and O–H groups in total. The SMILES string of the molecule is Fc1c(I)ccc(Br)c1Cl. The van der Waals surface area contributed by atoms with Crippen molar-refractivity contribution in [1.29, 1.82) is 0 Å². The fourth-order valence-electron chi connectivity index (χ4n) is 0.502. The van der Waals surface area contributed by atoms with Crippen molar-refractivity contribution in [3.8, 4) is 0 Å². The highest BCUT2D eigenvalue weighted by Crippen LogP contribution is 2.27. The molecule has 0 heterocycles. The molecule has 0 aliphatic heterocycles. The summed E-state index contributed by atoms with van der Waals surface area (Å²) in [6, 6.07) is 3.37. The van der Waals surface area contributed by atoms with E-state index in [4.69, 9.17) is 11.6 Å². The first-order valence-electron chi connectivity index (χ1n) is 2.42. The van der Waals surface area contributed by atoms with Gasteiger partial charge in [-0.2, -0.15) is 0 Å². The Morgan fingerprint density at radius 2 is 2.10 bits per heavy atom. The van der Waals surface area contributed by atoms with Crippen LogP contribution in [0.25, 0.3) is 0 Å². The minimum atomic E-state index is -0.364. The van der Waals surface area contributed by atoms with E-state index < -0.39 is 0 Å². The van der Waals surface area contributed by atoms with Gasteiger partial charge in [0.15, 0.2) is 5.82 Å². The van der Waals surface area contributed by atoms with Crippen molar-refractivity contribution in [3.63, 3.8) is 0 Å². The van der Waals surface area contributed by atoms with Crippen molar-refractivity contribution in [2.75, 3.05) is 0 Å². The molecule has 54 valence electrons. The Balaban J connectivity index is 3.34. The predicted octanol–water partition coefficient (Wildman–Crippen LogP) is 3.85. The van der Waals surface area contributed by atoms with Crippen LogP contribution in [0.5, 0.6) is 0 Å². The largest absolute Gasteiger partial charge is 0.204 e. The molecule has 0 aromatic heterocycles. The van der Waals surface area contributed by atoms with E-state index in [0.717, 1.165) is 0 Å². The first kappa shape index (κ1) is 8.74. The van der Waals surface area contributed by atoms with Crippen molar-refractivity contribution in [3.05, 3.63) is 31.0 Å². The second-order valence-corrected chi connectivity index (χ2v) is 4.05. The third kappa shape index (κ3) is 1.62. The van der Waals surface area contributed by atoms with Crippen LogP contribution in [0.1, 0.15) is 0 Å². The highest BCUT2D eigenvalue weighted by molar-refractivity contribution is 14.1. The van der Waals surface area contributed by atoms with E-state index in [1.54, 1.807) is 12.1 Å². The summed E-state index contributed by atoms with van der Waals surface area (Å²) in [5.74, 6) is -0.364. The Kier molecular flexibility index (Phi) is 2.94. The molecular formula is C6H2BrClFI. The van der Waals surface area contributed by atoms with E-state index in [2.05, 4.69) is 15.9 Å². The van der Waals surface area contributed by atoms with Crippen LogP contribution in [0, 0.1) is 9.39 Å². The van der Waals surface area contributed by atoms with Crippen LogP contribution in [-0.4, -0.2) is 0 Å². The summed E-state index contributed by atoms with van der Waals surface area (Å²) in [5, 5.41) is 0.145. The number of rotatable bonds is 0. The van der Waals surface area contributed by atoms with Crippen molar-refractivity contribution < 1.29 is 4.39 Å². The maximum atomic E-state index is 12.8. The van der Waals surface area contributed by atoms with Crippen molar-refractivity contribution in [2.24, 2.45) is 0 Å². The molecule has 0 atom stereocenters. The van der Waals surface area contributed by atoms with Gasteiger partial charge in [-0.05, 0) is 50.7 Å². The summed E-state index contributed by atoms with van der Waals surface area (Å²) in [5.41, 5.74) is 0. The van der Waals surface area contributed by atoms with Gasteiger partial charge in [0.05, 0.1) is 8.59 Å². The average Bonchev–Trinajstić information content (AvgIpc) is 1.93. The van der Waals surface area contributed by atoms with Crippen LogP contribution in [0.2, 0.25) is 5.02 Å². The molecular weight excluding hydrogens is 333 g/mol.